The Balaban J connectivity index is 0.000000441. The first-order valence-corrected chi connectivity index (χ1v) is 9.64. The van der Waals surface area contributed by atoms with Gasteiger partial charge in [0.2, 0.25) is 5.91 Å². The molecule has 0 bridgehead atoms. The van der Waals surface area contributed by atoms with E-state index in [1.54, 1.807) is 37.4 Å². The largest absolute Gasteiger partial charge is 0.495 e. The van der Waals surface area contributed by atoms with Crippen LogP contribution in [0.4, 0.5) is 11.4 Å². The number of nitrogens with two attached hydrogens (primary N) is 3. The highest BCUT2D eigenvalue weighted by Crippen LogP contribution is 2.18. The summed E-state index contributed by atoms with van der Waals surface area (Å²) in [7, 11) is 1.60. The van der Waals surface area contributed by atoms with E-state index in [0.29, 0.717) is 29.9 Å². The van der Waals surface area contributed by atoms with Crippen molar-refractivity contribution in [1.82, 2.24) is 0 Å². The number of rotatable bonds is 8. The van der Waals surface area contributed by atoms with Crippen LogP contribution in [-0.4, -0.2) is 43.0 Å². The van der Waals surface area contributed by atoms with Crippen LogP contribution in [0.3, 0.4) is 0 Å². The number of carbonyl (C=O) groups is 3. The summed E-state index contributed by atoms with van der Waals surface area (Å²) in [5, 5.41) is 10.9. The molecule has 9 nitrogen and oxygen atoms in total. The molecule has 9 heteroatoms. The second kappa shape index (κ2) is 16.4. The summed E-state index contributed by atoms with van der Waals surface area (Å²) >= 11 is 0. The Labute approximate surface area is 182 Å². The fraction of sp³-hybridized carbons (Fsp3) is 0.318. The van der Waals surface area contributed by atoms with Crippen LogP contribution < -0.4 is 27.3 Å². The summed E-state index contributed by atoms with van der Waals surface area (Å²) in [6, 6.07) is 13.3. The summed E-state index contributed by atoms with van der Waals surface area (Å²) in [4.78, 5) is 31.0. The lowest BCUT2D eigenvalue weighted by molar-refractivity contribution is -0.138. The van der Waals surface area contributed by atoms with Crippen molar-refractivity contribution in [1.29, 1.82) is 0 Å². The summed E-state index contributed by atoms with van der Waals surface area (Å²) in [6.45, 7) is 2.04. The molecule has 2 rings (SSSR count). The summed E-state index contributed by atoms with van der Waals surface area (Å²) in [5.41, 5.74) is 17.9. The second-order valence-corrected chi connectivity index (χ2v) is 6.39. The molecule has 31 heavy (non-hydrogen) atoms. The number of aliphatic carboxylic acids is 1. The molecule has 8 N–H and O–H groups in total. The van der Waals surface area contributed by atoms with Gasteiger partial charge in [-0.05, 0) is 55.8 Å². The second-order valence-electron chi connectivity index (χ2n) is 6.39. The van der Waals surface area contributed by atoms with Crippen molar-refractivity contribution in [3.63, 3.8) is 0 Å². The molecule has 0 unspecified atom stereocenters. The Kier molecular flexibility index (Phi) is 14.6. The van der Waals surface area contributed by atoms with Crippen molar-refractivity contribution in [3.8, 4) is 5.75 Å². The normalized spacial score (nSPS) is 10.3. The van der Waals surface area contributed by atoms with Crippen molar-refractivity contribution in [3.05, 3.63) is 54.1 Å². The van der Waals surface area contributed by atoms with Gasteiger partial charge in [-0.3, -0.25) is 14.4 Å². The predicted octanol–water partition coefficient (Wildman–Crippen LogP) is 2.26. The van der Waals surface area contributed by atoms with Gasteiger partial charge >= 0.3 is 5.97 Å². The molecule has 0 spiro atoms. The number of amides is 1. The molecule has 0 aliphatic heterocycles. The Hall–Kier alpha value is -3.43. The number of hydrogen-bond donors (Lipinski definition) is 5. The van der Waals surface area contributed by atoms with Gasteiger partial charge < -0.3 is 32.4 Å². The molecule has 0 aliphatic carbocycles. The van der Waals surface area contributed by atoms with Gasteiger partial charge in [-0.25, -0.2) is 0 Å². The van der Waals surface area contributed by atoms with Crippen LogP contribution in [0.5, 0.6) is 5.75 Å². The average Bonchev–Trinajstić information content (AvgIpc) is 2.75. The fourth-order valence-corrected chi connectivity index (χ4v) is 2.15. The first kappa shape index (κ1) is 27.6. The fourth-order valence-electron chi connectivity index (χ4n) is 2.15. The third-order valence-electron chi connectivity index (χ3n) is 3.79. The molecule has 170 valence electrons. The maximum atomic E-state index is 10.6. The summed E-state index contributed by atoms with van der Waals surface area (Å²) < 4.78 is 4.92. The van der Waals surface area contributed by atoms with Crippen LogP contribution in [0.1, 0.15) is 36.5 Å². The Bertz CT molecular complexity index is 797. The van der Waals surface area contributed by atoms with E-state index < -0.39 is 12.0 Å². The Morgan fingerprint density at radius 2 is 1.74 bits per heavy atom. The third kappa shape index (κ3) is 13.4. The maximum absolute atomic E-state index is 10.6. The molecule has 0 aromatic heterocycles. The van der Waals surface area contributed by atoms with Crippen molar-refractivity contribution in [2.24, 2.45) is 11.5 Å². The van der Waals surface area contributed by atoms with Crippen molar-refractivity contribution in [2.45, 2.75) is 32.2 Å². The van der Waals surface area contributed by atoms with E-state index in [9.17, 15) is 14.4 Å². The van der Waals surface area contributed by atoms with Gasteiger partial charge in [0.25, 0.3) is 0 Å². The van der Waals surface area contributed by atoms with Gasteiger partial charge in [-0.2, -0.15) is 0 Å². The number of carboxylic acid groups (broad SMARTS) is 1. The number of nitrogen functional groups attached to an aromatic ring is 1. The predicted molar refractivity (Wildman–Crippen MR) is 122 cm³/mol. The number of para-hydroxylation sites is 2. The number of carboxylic acids is 1. The zero-order valence-electron chi connectivity index (χ0n) is 17.9. The molecule has 0 saturated carbocycles. The van der Waals surface area contributed by atoms with Gasteiger partial charge in [-0.15, -0.1) is 0 Å². The number of ether oxygens (including phenoxy) is 1. The molecule has 2 aromatic rings. The lowest BCUT2D eigenvalue weighted by Gasteiger charge is -2.03. The van der Waals surface area contributed by atoms with Gasteiger partial charge in [-0.1, -0.05) is 18.6 Å². The number of aldehydes is 1. The van der Waals surface area contributed by atoms with E-state index in [0.717, 1.165) is 24.9 Å². The molecular weight excluding hydrogens is 400 g/mol. The average molecular weight is 433 g/mol. The molecule has 0 saturated heterocycles. The van der Waals surface area contributed by atoms with Crippen LogP contribution in [0.25, 0.3) is 0 Å². The molecule has 0 radical (unpaired) electrons. The van der Waals surface area contributed by atoms with Crippen molar-refractivity contribution < 1.29 is 24.2 Å². The number of unbranched alkanes of at least 4 members (excludes halogenated alkanes) is 1. The lowest BCUT2D eigenvalue weighted by Crippen LogP contribution is -2.29. The quantitative estimate of drug-likeness (QED) is 0.240. The minimum atomic E-state index is -0.933. The van der Waals surface area contributed by atoms with E-state index in [4.69, 9.17) is 27.0 Å². The van der Waals surface area contributed by atoms with E-state index >= 15 is 0 Å². The molecule has 1 amide bonds. The molecule has 2 aromatic carbocycles. The highest BCUT2D eigenvalue weighted by molar-refractivity contribution is 5.89. The maximum Gasteiger partial charge on any atom is 0.320 e. The van der Waals surface area contributed by atoms with E-state index in [-0.39, 0.29) is 5.91 Å². The van der Waals surface area contributed by atoms with Gasteiger partial charge in [0.15, 0.2) is 0 Å². The number of benzene rings is 2. The number of hydrogen-bond acceptors (Lipinski definition) is 7. The number of anilines is 2. The van der Waals surface area contributed by atoms with Crippen LogP contribution in [-0.2, 0) is 9.59 Å². The molecule has 1 atom stereocenters. The number of carbonyl (C=O) groups excluding carboxylic acids is 2. The minimum Gasteiger partial charge on any atom is -0.495 e. The molecular formula is C22H32N4O5. The molecule has 0 heterocycles. The van der Waals surface area contributed by atoms with Crippen LogP contribution >= 0.6 is 0 Å². The van der Waals surface area contributed by atoms with Crippen LogP contribution in [0.2, 0.25) is 0 Å². The Morgan fingerprint density at radius 1 is 1.13 bits per heavy atom. The van der Waals surface area contributed by atoms with Gasteiger partial charge in [0.1, 0.15) is 18.1 Å². The topological polar surface area (TPSA) is 171 Å². The van der Waals surface area contributed by atoms with Gasteiger partial charge in [0.05, 0.1) is 12.8 Å². The van der Waals surface area contributed by atoms with E-state index in [2.05, 4.69) is 5.32 Å². The first-order valence-electron chi connectivity index (χ1n) is 9.64. The lowest BCUT2D eigenvalue weighted by atomic mass is 10.1. The van der Waals surface area contributed by atoms with Crippen LogP contribution in [0, 0.1) is 0 Å². The third-order valence-corrected chi connectivity index (χ3v) is 3.79. The number of nitrogens with one attached hydrogen (secondary N) is 1. The monoisotopic (exact) mass is 432 g/mol. The number of methoxy groups -OCH3 is 1. The summed E-state index contributed by atoms with van der Waals surface area (Å²) in [5.74, 6) is -0.316. The minimum absolute atomic E-state index is 0.117. The zero-order chi connectivity index (χ0) is 23.6. The SMILES string of the molecule is CC(=O)Nc1ccc(C=O)cc1.COc1ccccc1N.NCCCC[C@H](N)C(=O)O. The van der Waals surface area contributed by atoms with E-state index in [1.807, 2.05) is 18.2 Å². The van der Waals surface area contributed by atoms with E-state index in [1.165, 1.54) is 6.92 Å². The molecule has 0 aliphatic rings. The van der Waals surface area contributed by atoms with Crippen LogP contribution in [0.15, 0.2) is 48.5 Å². The molecule has 0 fully saturated rings. The zero-order valence-corrected chi connectivity index (χ0v) is 17.9. The highest BCUT2D eigenvalue weighted by Gasteiger charge is 2.09. The van der Waals surface area contributed by atoms with Crippen molar-refractivity contribution >= 4 is 29.5 Å². The highest BCUT2D eigenvalue weighted by atomic mass is 16.5. The van der Waals surface area contributed by atoms with Gasteiger partial charge in [0, 0.05) is 18.2 Å². The van der Waals surface area contributed by atoms with Crippen molar-refractivity contribution in [2.75, 3.05) is 24.7 Å². The smallest absolute Gasteiger partial charge is 0.320 e. The first-order chi connectivity index (χ1) is 14.7. The Morgan fingerprint density at radius 3 is 2.16 bits per heavy atom. The standard InChI is InChI=1S/C9H9NO2.C7H9NO.C6H14N2O2/c1-7(12)10-9-4-2-8(6-11)3-5-9;1-9-7-5-3-2-4-6(7)8;7-4-2-1-3-5(8)6(9)10/h2-6H,1H3,(H,10,12);2-5H,8H2,1H3;5H,1-4,7-8H2,(H,9,10)/t;;5-/m..0/s1. The summed E-state index contributed by atoms with van der Waals surface area (Å²) in [6.07, 6.45) is 2.93.